The standard InChI is InChI=1S/C38H42N2/c1-38(40(36-19-11-5-12-20-36)37-21-13-6-14-22-37)29-27-32(28-30-38)31-23-25-35(26-24-31)39(34-17-9-4-10-18-34)33-15-7-2-3-8-16-33/h5,9,11-13,15,17-29H,2-4,6-8,10,14,16,30H2,1H3. The summed E-state index contributed by atoms with van der Waals surface area (Å²) in [4.78, 5) is 5.02. The lowest BCUT2D eigenvalue weighted by Gasteiger charge is -2.43. The Morgan fingerprint density at radius 2 is 1.38 bits per heavy atom. The Hall–Kier alpha value is -3.78. The van der Waals surface area contributed by atoms with E-state index in [0.29, 0.717) is 0 Å². The summed E-state index contributed by atoms with van der Waals surface area (Å²) < 4.78 is 0. The molecule has 0 saturated carbocycles. The number of anilines is 2. The number of nitrogens with zero attached hydrogens (tertiary/aromatic N) is 2. The molecule has 2 nitrogen and oxygen atoms in total. The van der Waals surface area contributed by atoms with Gasteiger partial charge in [-0.15, -0.1) is 0 Å². The normalized spacial score (nSPS) is 22.5. The predicted molar refractivity (Wildman–Crippen MR) is 172 cm³/mol. The largest absolute Gasteiger partial charge is 0.332 e. The van der Waals surface area contributed by atoms with Gasteiger partial charge >= 0.3 is 0 Å². The molecule has 6 rings (SSSR count). The summed E-state index contributed by atoms with van der Waals surface area (Å²) in [7, 11) is 0. The third kappa shape index (κ3) is 5.72. The van der Waals surface area contributed by atoms with E-state index in [1.807, 2.05) is 0 Å². The van der Waals surface area contributed by atoms with Crippen molar-refractivity contribution in [1.82, 2.24) is 0 Å². The number of allylic oxidation sites excluding steroid dienone is 10. The fourth-order valence-corrected chi connectivity index (χ4v) is 6.43. The molecule has 1 unspecified atom stereocenters. The highest BCUT2D eigenvalue weighted by atomic mass is 15.2. The zero-order valence-corrected chi connectivity index (χ0v) is 23.9. The summed E-state index contributed by atoms with van der Waals surface area (Å²) in [5.41, 5.74) is 9.06. The van der Waals surface area contributed by atoms with Crippen LogP contribution >= 0.6 is 0 Å². The van der Waals surface area contributed by atoms with E-state index in [9.17, 15) is 0 Å². The van der Waals surface area contributed by atoms with Gasteiger partial charge in [-0.1, -0.05) is 85.4 Å². The van der Waals surface area contributed by atoms with E-state index in [-0.39, 0.29) is 5.54 Å². The van der Waals surface area contributed by atoms with E-state index in [4.69, 9.17) is 0 Å². The van der Waals surface area contributed by atoms with Crippen molar-refractivity contribution in [3.05, 3.63) is 138 Å². The van der Waals surface area contributed by atoms with Crippen molar-refractivity contribution in [3.8, 4) is 0 Å². The maximum atomic E-state index is 2.51. The van der Waals surface area contributed by atoms with Crippen LogP contribution in [0.3, 0.4) is 0 Å². The molecule has 0 bridgehead atoms. The second kappa shape index (κ2) is 12.2. The van der Waals surface area contributed by atoms with Crippen molar-refractivity contribution in [2.75, 3.05) is 9.80 Å². The van der Waals surface area contributed by atoms with Gasteiger partial charge in [0.25, 0.3) is 0 Å². The molecule has 0 saturated heterocycles. The Kier molecular flexibility index (Phi) is 8.04. The Morgan fingerprint density at radius 1 is 0.625 bits per heavy atom. The molecule has 0 heterocycles. The molecule has 40 heavy (non-hydrogen) atoms. The van der Waals surface area contributed by atoms with E-state index in [0.717, 1.165) is 38.5 Å². The molecule has 1 atom stereocenters. The van der Waals surface area contributed by atoms with Gasteiger partial charge in [-0.2, -0.15) is 0 Å². The number of rotatable bonds is 7. The molecule has 2 aromatic rings. The van der Waals surface area contributed by atoms with Crippen LogP contribution in [0.25, 0.3) is 5.57 Å². The van der Waals surface area contributed by atoms with E-state index < -0.39 is 0 Å². The second-order valence-corrected chi connectivity index (χ2v) is 11.6. The maximum Gasteiger partial charge on any atom is 0.0643 e. The molecule has 0 aromatic heterocycles. The number of benzene rings is 2. The topological polar surface area (TPSA) is 6.48 Å². The number of hydrogen-bond acceptors (Lipinski definition) is 2. The zero-order chi connectivity index (χ0) is 27.2. The Morgan fingerprint density at radius 3 is 2.05 bits per heavy atom. The number of para-hydroxylation sites is 1. The van der Waals surface area contributed by atoms with Crippen LogP contribution in [0.2, 0.25) is 0 Å². The monoisotopic (exact) mass is 526 g/mol. The summed E-state index contributed by atoms with van der Waals surface area (Å²) >= 11 is 0. The average molecular weight is 527 g/mol. The first-order valence-corrected chi connectivity index (χ1v) is 15.3. The van der Waals surface area contributed by atoms with Gasteiger partial charge in [0.2, 0.25) is 0 Å². The molecule has 0 N–H and O–H groups in total. The van der Waals surface area contributed by atoms with Gasteiger partial charge in [0, 0.05) is 28.5 Å². The lowest BCUT2D eigenvalue weighted by atomic mass is 9.85. The third-order valence-corrected chi connectivity index (χ3v) is 8.61. The first-order valence-electron chi connectivity index (χ1n) is 15.3. The molecule has 0 radical (unpaired) electrons. The minimum atomic E-state index is -0.124. The molecule has 0 amide bonds. The van der Waals surface area contributed by atoms with Gasteiger partial charge in [0.05, 0.1) is 5.54 Å². The van der Waals surface area contributed by atoms with Gasteiger partial charge in [-0.3, -0.25) is 0 Å². The summed E-state index contributed by atoms with van der Waals surface area (Å²) in [6.45, 7) is 2.36. The first kappa shape index (κ1) is 26.4. The van der Waals surface area contributed by atoms with Crippen molar-refractivity contribution in [3.63, 3.8) is 0 Å². The third-order valence-electron chi connectivity index (χ3n) is 8.61. The van der Waals surface area contributed by atoms with E-state index >= 15 is 0 Å². The highest BCUT2D eigenvalue weighted by Gasteiger charge is 2.32. The summed E-state index contributed by atoms with van der Waals surface area (Å²) in [5, 5.41) is 0. The molecule has 4 aliphatic carbocycles. The highest BCUT2D eigenvalue weighted by molar-refractivity contribution is 5.78. The van der Waals surface area contributed by atoms with Crippen molar-refractivity contribution >= 4 is 16.9 Å². The van der Waals surface area contributed by atoms with Gasteiger partial charge in [0.15, 0.2) is 0 Å². The van der Waals surface area contributed by atoms with E-state index in [1.54, 1.807) is 0 Å². The Bertz CT molecular complexity index is 1400. The van der Waals surface area contributed by atoms with Crippen LogP contribution in [-0.4, -0.2) is 5.54 Å². The minimum absolute atomic E-state index is 0.124. The van der Waals surface area contributed by atoms with Crippen LogP contribution in [0.5, 0.6) is 0 Å². The zero-order valence-electron chi connectivity index (χ0n) is 23.9. The molecule has 0 spiro atoms. The molecule has 4 aliphatic rings. The smallest absolute Gasteiger partial charge is 0.0643 e. The lowest BCUT2D eigenvalue weighted by molar-refractivity contribution is 0.555. The van der Waals surface area contributed by atoms with Crippen molar-refractivity contribution in [2.45, 2.75) is 76.7 Å². The highest BCUT2D eigenvalue weighted by Crippen LogP contribution is 2.39. The molecular formula is C38H42N2. The summed E-state index contributed by atoms with van der Waals surface area (Å²) in [5.74, 6) is 0. The predicted octanol–water partition coefficient (Wildman–Crippen LogP) is 10.4. The SMILES string of the molecule is CC1(N(C2=CCCC=C2)c2ccccc2)C=CC(c2ccc(N(C3=CCCC=C3)C3=CCCCCC3)cc2)=CC1. The number of hydrogen-bond donors (Lipinski definition) is 0. The minimum Gasteiger partial charge on any atom is -0.332 e. The van der Waals surface area contributed by atoms with Crippen LogP contribution in [0.15, 0.2) is 132 Å². The Labute approximate surface area is 241 Å². The first-order chi connectivity index (χ1) is 19.7. The van der Waals surface area contributed by atoms with Crippen LogP contribution in [0.4, 0.5) is 11.4 Å². The maximum absolute atomic E-state index is 2.51. The summed E-state index contributed by atoms with van der Waals surface area (Å²) in [6.07, 6.45) is 35.4. The van der Waals surface area contributed by atoms with Crippen molar-refractivity contribution < 1.29 is 0 Å². The van der Waals surface area contributed by atoms with E-state index in [2.05, 4.69) is 132 Å². The molecule has 0 fully saturated rings. The molecule has 204 valence electrons. The quantitative estimate of drug-likeness (QED) is 0.354. The van der Waals surface area contributed by atoms with Gasteiger partial charge in [0.1, 0.15) is 0 Å². The fourth-order valence-electron chi connectivity index (χ4n) is 6.43. The second-order valence-electron chi connectivity index (χ2n) is 11.6. The van der Waals surface area contributed by atoms with Crippen LogP contribution in [-0.2, 0) is 0 Å². The van der Waals surface area contributed by atoms with Crippen LogP contribution in [0.1, 0.15) is 76.7 Å². The summed E-state index contributed by atoms with van der Waals surface area (Å²) in [6, 6.07) is 20.1. The van der Waals surface area contributed by atoms with Crippen LogP contribution in [0, 0.1) is 0 Å². The Balaban J connectivity index is 1.25. The van der Waals surface area contributed by atoms with Crippen molar-refractivity contribution in [1.29, 1.82) is 0 Å². The fraction of sp³-hybridized carbons (Fsp3) is 0.316. The van der Waals surface area contributed by atoms with E-state index in [1.165, 1.54) is 65.3 Å². The molecule has 2 heteroatoms. The lowest BCUT2D eigenvalue weighted by Crippen LogP contribution is -2.44. The van der Waals surface area contributed by atoms with Gasteiger partial charge in [-0.05, 0) is 112 Å². The molecular weight excluding hydrogens is 484 g/mol. The van der Waals surface area contributed by atoms with Gasteiger partial charge < -0.3 is 9.80 Å². The van der Waals surface area contributed by atoms with Crippen molar-refractivity contribution in [2.24, 2.45) is 0 Å². The molecule has 2 aromatic carbocycles. The van der Waals surface area contributed by atoms with Gasteiger partial charge in [-0.25, -0.2) is 0 Å². The average Bonchev–Trinajstić information content (AvgIpc) is 3.29. The van der Waals surface area contributed by atoms with Crippen LogP contribution < -0.4 is 9.80 Å². The molecule has 0 aliphatic heterocycles.